The summed E-state index contributed by atoms with van der Waals surface area (Å²) in [5, 5.41) is 6.18. The molecular formula is C22H20ClN3O2. The molecule has 0 aliphatic carbocycles. The van der Waals surface area contributed by atoms with E-state index in [-0.39, 0.29) is 17.5 Å². The summed E-state index contributed by atoms with van der Waals surface area (Å²) in [6, 6.07) is 17.9. The van der Waals surface area contributed by atoms with Crippen molar-refractivity contribution in [2.24, 2.45) is 0 Å². The number of halogens is 1. The second-order valence-corrected chi connectivity index (χ2v) is 6.62. The molecule has 142 valence electrons. The molecule has 0 fully saturated rings. The maximum atomic E-state index is 12.4. The van der Waals surface area contributed by atoms with Crippen molar-refractivity contribution in [2.45, 2.75) is 19.9 Å². The molecule has 2 amide bonds. The Hall–Kier alpha value is -3.18. The lowest BCUT2D eigenvalue weighted by molar-refractivity contribution is 0.0951. The largest absolute Gasteiger partial charge is 0.348 e. The van der Waals surface area contributed by atoms with E-state index in [0.717, 1.165) is 12.0 Å². The van der Waals surface area contributed by atoms with Crippen LogP contribution in [0.3, 0.4) is 0 Å². The van der Waals surface area contributed by atoms with E-state index in [1.54, 1.807) is 12.1 Å². The van der Waals surface area contributed by atoms with Crippen LogP contribution in [0.5, 0.6) is 0 Å². The van der Waals surface area contributed by atoms with Gasteiger partial charge < -0.3 is 10.6 Å². The summed E-state index contributed by atoms with van der Waals surface area (Å²) >= 11 is 6.10. The summed E-state index contributed by atoms with van der Waals surface area (Å²) < 4.78 is 0. The minimum Gasteiger partial charge on any atom is -0.348 e. The molecule has 2 aromatic carbocycles. The van der Waals surface area contributed by atoms with E-state index in [0.29, 0.717) is 22.8 Å². The normalized spacial score (nSPS) is 10.4. The molecule has 6 heteroatoms. The number of carbonyl (C=O) groups excluding carboxylic acids is 2. The lowest BCUT2D eigenvalue weighted by Crippen LogP contribution is -2.24. The lowest BCUT2D eigenvalue weighted by Gasteiger charge is -2.09. The van der Waals surface area contributed by atoms with Crippen LogP contribution in [0.25, 0.3) is 0 Å². The molecule has 1 heterocycles. The number of nitrogens with one attached hydrogen (secondary N) is 2. The fourth-order valence-electron chi connectivity index (χ4n) is 2.63. The fraction of sp³-hybridized carbons (Fsp3) is 0.136. The Morgan fingerprint density at radius 3 is 2.46 bits per heavy atom. The van der Waals surface area contributed by atoms with Crippen LogP contribution in [0.15, 0.2) is 66.9 Å². The molecule has 3 rings (SSSR count). The van der Waals surface area contributed by atoms with E-state index >= 15 is 0 Å². The van der Waals surface area contributed by atoms with Crippen molar-refractivity contribution in [1.82, 2.24) is 10.3 Å². The van der Waals surface area contributed by atoms with Gasteiger partial charge in [-0.2, -0.15) is 0 Å². The molecule has 0 radical (unpaired) electrons. The summed E-state index contributed by atoms with van der Waals surface area (Å²) in [5.74, 6) is -0.673. The molecule has 0 bridgehead atoms. The predicted molar refractivity (Wildman–Crippen MR) is 111 cm³/mol. The van der Waals surface area contributed by atoms with Crippen molar-refractivity contribution in [2.75, 3.05) is 5.32 Å². The van der Waals surface area contributed by atoms with Crippen LogP contribution in [-0.2, 0) is 13.0 Å². The van der Waals surface area contributed by atoms with Gasteiger partial charge >= 0.3 is 0 Å². The quantitative estimate of drug-likeness (QED) is 0.648. The van der Waals surface area contributed by atoms with Gasteiger partial charge in [0.1, 0.15) is 5.69 Å². The first-order valence-electron chi connectivity index (χ1n) is 8.94. The molecule has 5 nitrogen and oxygen atoms in total. The van der Waals surface area contributed by atoms with Crippen LogP contribution in [0, 0.1) is 0 Å². The van der Waals surface area contributed by atoms with Gasteiger partial charge in [-0.25, -0.2) is 0 Å². The summed E-state index contributed by atoms with van der Waals surface area (Å²) in [6.45, 7) is 2.37. The molecule has 0 aliphatic rings. The van der Waals surface area contributed by atoms with E-state index in [4.69, 9.17) is 11.6 Å². The molecule has 0 atom stereocenters. The van der Waals surface area contributed by atoms with Crippen LogP contribution >= 0.6 is 11.6 Å². The first-order chi connectivity index (χ1) is 13.6. The van der Waals surface area contributed by atoms with Gasteiger partial charge in [0.2, 0.25) is 0 Å². The van der Waals surface area contributed by atoms with Crippen LogP contribution in [0.1, 0.15) is 38.9 Å². The van der Waals surface area contributed by atoms with Crippen molar-refractivity contribution < 1.29 is 9.59 Å². The average Bonchev–Trinajstić information content (AvgIpc) is 2.73. The zero-order chi connectivity index (χ0) is 19.9. The zero-order valence-corrected chi connectivity index (χ0v) is 16.2. The molecule has 3 aromatic rings. The van der Waals surface area contributed by atoms with Gasteiger partial charge in [-0.3, -0.25) is 14.6 Å². The number of pyridine rings is 1. The van der Waals surface area contributed by atoms with E-state index in [9.17, 15) is 9.59 Å². The first-order valence-corrected chi connectivity index (χ1v) is 9.32. The number of rotatable bonds is 6. The van der Waals surface area contributed by atoms with Gasteiger partial charge in [-0.05, 0) is 47.9 Å². The first kappa shape index (κ1) is 19.6. The highest BCUT2D eigenvalue weighted by molar-refractivity contribution is 6.31. The van der Waals surface area contributed by atoms with Crippen molar-refractivity contribution in [1.29, 1.82) is 0 Å². The highest BCUT2D eigenvalue weighted by Crippen LogP contribution is 2.15. The van der Waals surface area contributed by atoms with E-state index in [1.807, 2.05) is 42.5 Å². The number of hydrogen-bond donors (Lipinski definition) is 2. The number of benzene rings is 2. The van der Waals surface area contributed by atoms with Gasteiger partial charge in [0, 0.05) is 29.0 Å². The van der Waals surface area contributed by atoms with Crippen molar-refractivity contribution in [3.63, 3.8) is 0 Å². The second-order valence-electron chi connectivity index (χ2n) is 6.21. The van der Waals surface area contributed by atoms with Gasteiger partial charge in [0.05, 0.1) is 0 Å². The molecular weight excluding hydrogens is 374 g/mol. The maximum absolute atomic E-state index is 12.4. The number of aromatic nitrogens is 1. The third-order valence-electron chi connectivity index (χ3n) is 4.27. The highest BCUT2D eigenvalue weighted by atomic mass is 35.5. The number of anilines is 1. The summed E-state index contributed by atoms with van der Waals surface area (Å²) in [4.78, 5) is 28.9. The minimum atomic E-state index is -0.370. The van der Waals surface area contributed by atoms with Crippen LogP contribution in [0.2, 0.25) is 5.02 Å². The lowest BCUT2D eigenvalue weighted by atomic mass is 10.1. The van der Waals surface area contributed by atoms with Crippen molar-refractivity contribution >= 4 is 29.1 Å². The van der Waals surface area contributed by atoms with Gasteiger partial charge in [-0.1, -0.05) is 48.9 Å². The maximum Gasteiger partial charge on any atom is 0.274 e. The third-order valence-corrected chi connectivity index (χ3v) is 4.64. The standard InChI is InChI=1S/C22H20ClN3O2/c1-2-15-7-9-18(10-8-15)26-22(28)20-13-16(11-12-24-20)21(27)25-14-17-5-3-4-6-19(17)23/h3-13H,2,14H2,1H3,(H,25,27)(H,26,28). The second kappa shape index (κ2) is 9.15. The smallest absolute Gasteiger partial charge is 0.274 e. The molecule has 0 saturated carbocycles. The number of carbonyl (C=O) groups is 2. The van der Waals surface area contributed by atoms with E-state index < -0.39 is 0 Å². The molecule has 1 aromatic heterocycles. The predicted octanol–water partition coefficient (Wildman–Crippen LogP) is 4.48. The zero-order valence-electron chi connectivity index (χ0n) is 15.4. The molecule has 2 N–H and O–H groups in total. The van der Waals surface area contributed by atoms with Gasteiger partial charge in [-0.15, -0.1) is 0 Å². The Kier molecular flexibility index (Phi) is 6.40. The van der Waals surface area contributed by atoms with Gasteiger partial charge in [0.25, 0.3) is 11.8 Å². The Morgan fingerprint density at radius 1 is 1.00 bits per heavy atom. The van der Waals surface area contributed by atoms with E-state index in [2.05, 4.69) is 22.5 Å². The summed E-state index contributed by atoms with van der Waals surface area (Å²) in [6.07, 6.45) is 2.38. The molecule has 0 saturated heterocycles. The average molecular weight is 394 g/mol. The van der Waals surface area contributed by atoms with Crippen molar-refractivity contribution in [3.05, 3.63) is 94.3 Å². The van der Waals surface area contributed by atoms with E-state index in [1.165, 1.54) is 17.8 Å². The summed E-state index contributed by atoms with van der Waals surface area (Å²) in [5.41, 5.74) is 3.21. The summed E-state index contributed by atoms with van der Waals surface area (Å²) in [7, 11) is 0. The van der Waals surface area contributed by atoms with Crippen LogP contribution in [0.4, 0.5) is 5.69 Å². The van der Waals surface area contributed by atoms with Crippen LogP contribution < -0.4 is 10.6 Å². The highest BCUT2D eigenvalue weighted by Gasteiger charge is 2.12. The minimum absolute atomic E-state index is 0.171. The Labute approximate surface area is 168 Å². The topological polar surface area (TPSA) is 71.1 Å². The monoisotopic (exact) mass is 393 g/mol. The molecule has 0 aliphatic heterocycles. The van der Waals surface area contributed by atoms with Crippen LogP contribution in [-0.4, -0.2) is 16.8 Å². The fourth-order valence-corrected chi connectivity index (χ4v) is 2.84. The number of aryl methyl sites for hydroxylation is 1. The Morgan fingerprint density at radius 2 is 1.75 bits per heavy atom. The molecule has 0 spiro atoms. The third kappa shape index (κ3) is 4.96. The number of amides is 2. The molecule has 0 unspecified atom stereocenters. The van der Waals surface area contributed by atoms with Gasteiger partial charge in [0.15, 0.2) is 0 Å². The number of hydrogen-bond acceptors (Lipinski definition) is 3. The SMILES string of the molecule is CCc1ccc(NC(=O)c2cc(C(=O)NCc3ccccc3Cl)ccn2)cc1. The number of nitrogens with zero attached hydrogens (tertiary/aromatic N) is 1. The molecule has 28 heavy (non-hydrogen) atoms. The van der Waals surface area contributed by atoms with Crippen molar-refractivity contribution in [3.8, 4) is 0 Å². The Bertz CT molecular complexity index is 987. The Balaban J connectivity index is 1.66.